The maximum atomic E-state index is 13.2. The van der Waals surface area contributed by atoms with Crippen LogP contribution in [0.4, 0.5) is 8.78 Å². The molecule has 1 aromatic heterocycles. The van der Waals surface area contributed by atoms with E-state index in [1.807, 2.05) is 0 Å². The van der Waals surface area contributed by atoms with Crippen LogP contribution in [0.15, 0.2) is 71.8 Å². The Morgan fingerprint density at radius 3 is 2.08 bits per heavy atom. The number of nitrogens with zero attached hydrogens (tertiary/aromatic N) is 1. The van der Waals surface area contributed by atoms with Crippen LogP contribution in [0.1, 0.15) is 0 Å². The molecule has 0 aliphatic carbocycles. The van der Waals surface area contributed by atoms with E-state index in [9.17, 15) is 17.2 Å². The zero-order valence-corrected chi connectivity index (χ0v) is 13.4. The summed E-state index contributed by atoms with van der Waals surface area (Å²) >= 11 is 0. The second-order valence-corrected chi connectivity index (χ2v) is 6.43. The van der Waals surface area contributed by atoms with Crippen LogP contribution >= 0.6 is 0 Å². The number of hydrogen-bond acceptors (Lipinski definition) is 5. The summed E-state index contributed by atoms with van der Waals surface area (Å²) in [4.78, 5) is 3.38. The molecule has 0 N–H and O–H groups in total. The van der Waals surface area contributed by atoms with Gasteiger partial charge in [-0.15, -0.1) is 0 Å². The molecule has 0 saturated carbocycles. The van der Waals surface area contributed by atoms with Gasteiger partial charge in [-0.1, -0.05) is 6.07 Å². The molecule has 0 radical (unpaired) electrons. The van der Waals surface area contributed by atoms with Crippen molar-refractivity contribution in [2.75, 3.05) is 0 Å². The molecule has 0 unspecified atom stereocenters. The lowest BCUT2D eigenvalue weighted by Gasteiger charge is -2.08. The lowest BCUT2D eigenvalue weighted by molar-refractivity contribution is 0.459. The average Bonchev–Trinajstić information content (AvgIpc) is 2.56. The van der Waals surface area contributed by atoms with Crippen molar-refractivity contribution in [1.29, 1.82) is 0 Å². The van der Waals surface area contributed by atoms with E-state index in [1.165, 1.54) is 24.3 Å². The maximum absolute atomic E-state index is 13.2. The Balaban J connectivity index is 1.76. The van der Waals surface area contributed by atoms with Crippen LogP contribution in [-0.4, -0.2) is 13.4 Å². The predicted molar refractivity (Wildman–Crippen MR) is 84.9 cm³/mol. The number of pyridine rings is 1. The molecule has 25 heavy (non-hydrogen) atoms. The van der Waals surface area contributed by atoms with Crippen LogP contribution in [0, 0.1) is 11.6 Å². The largest absolute Gasteiger partial charge is 0.439 e. The molecule has 3 aromatic rings. The first-order valence-electron chi connectivity index (χ1n) is 7.02. The summed E-state index contributed by atoms with van der Waals surface area (Å²) in [5.74, 6) is -1.26. The number of aromatic nitrogens is 1. The number of benzene rings is 2. The van der Waals surface area contributed by atoms with E-state index in [1.54, 1.807) is 24.4 Å². The number of hydrogen-bond donors (Lipinski definition) is 0. The van der Waals surface area contributed by atoms with E-state index >= 15 is 0 Å². The molecule has 2 aromatic carbocycles. The van der Waals surface area contributed by atoms with Crippen LogP contribution in [0.5, 0.6) is 17.4 Å². The van der Waals surface area contributed by atoms with Crippen LogP contribution in [0.2, 0.25) is 0 Å². The molecule has 0 saturated heterocycles. The highest BCUT2D eigenvalue weighted by Gasteiger charge is 2.19. The Morgan fingerprint density at radius 1 is 0.840 bits per heavy atom. The first-order chi connectivity index (χ1) is 11.9. The minimum atomic E-state index is -4.36. The quantitative estimate of drug-likeness (QED) is 0.643. The van der Waals surface area contributed by atoms with Crippen LogP contribution in [0.3, 0.4) is 0 Å². The highest BCUT2D eigenvalue weighted by Crippen LogP contribution is 2.25. The Kier molecular flexibility index (Phi) is 4.62. The van der Waals surface area contributed by atoms with Gasteiger partial charge >= 0.3 is 10.1 Å². The molecule has 0 fully saturated rings. The van der Waals surface area contributed by atoms with Crippen LogP contribution < -0.4 is 8.92 Å². The number of ether oxygens (including phenoxy) is 1. The minimum Gasteiger partial charge on any atom is -0.439 e. The fourth-order valence-corrected chi connectivity index (χ4v) is 2.91. The molecular weight excluding hydrogens is 352 g/mol. The third kappa shape index (κ3) is 4.30. The Morgan fingerprint density at radius 2 is 1.48 bits per heavy atom. The lowest BCUT2D eigenvalue weighted by Crippen LogP contribution is -2.10. The van der Waals surface area contributed by atoms with Gasteiger partial charge in [-0.05, 0) is 42.5 Å². The summed E-state index contributed by atoms with van der Waals surface area (Å²) in [6, 6.07) is 12.7. The molecule has 0 atom stereocenters. The molecule has 1 heterocycles. The fourth-order valence-electron chi connectivity index (χ4n) is 1.94. The molecule has 0 spiro atoms. The van der Waals surface area contributed by atoms with Crippen molar-refractivity contribution in [3.63, 3.8) is 0 Å². The van der Waals surface area contributed by atoms with Gasteiger partial charge < -0.3 is 8.92 Å². The summed E-state index contributed by atoms with van der Waals surface area (Å²) in [7, 11) is -4.36. The third-order valence-corrected chi connectivity index (χ3v) is 4.24. The topological polar surface area (TPSA) is 65.5 Å². The molecule has 0 amide bonds. The molecule has 3 rings (SSSR count). The van der Waals surface area contributed by atoms with Gasteiger partial charge in [0, 0.05) is 18.3 Å². The van der Waals surface area contributed by atoms with Gasteiger partial charge in [0.25, 0.3) is 0 Å². The van der Waals surface area contributed by atoms with Crippen molar-refractivity contribution in [2.24, 2.45) is 0 Å². The van der Waals surface area contributed by atoms with Crippen molar-refractivity contribution in [2.45, 2.75) is 4.90 Å². The predicted octanol–water partition coefficient (Wildman–Crippen LogP) is 3.92. The van der Waals surface area contributed by atoms with Crippen LogP contribution in [0.25, 0.3) is 0 Å². The Bertz CT molecular complexity index is 957. The molecule has 8 heteroatoms. The zero-order valence-electron chi connectivity index (χ0n) is 12.6. The van der Waals surface area contributed by atoms with E-state index in [4.69, 9.17) is 8.92 Å². The fraction of sp³-hybridized carbons (Fsp3) is 0. The van der Waals surface area contributed by atoms with E-state index < -0.39 is 26.6 Å². The average molecular weight is 363 g/mol. The van der Waals surface area contributed by atoms with Crippen molar-refractivity contribution in [3.8, 4) is 17.4 Å². The van der Waals surface area contributed by atoms with Crippen molar-refractivity contribution < 1.29 is 26.1 Å². The maximum Gasteiger partial charge on any atom is 0.339 e. The zero-order chi connectivity index (χ0) is 17.9. The van der Waals surface area contributed by atoms with E-state index in [-0.39, 0.29) is 5.75 Å². The van der Waals surface area contributed by atoms with Crippen molar-refractivity contribution in [3.05, 3.63) is 78.5 Å². The number of rotatable bonds is 5. The van der Waals surface area contributed by atoms with E-state index in [2.05, 4.69) is 4.98 Å². The second kappa shape index (κ2) is 6.86. The van der Waals surface area contributed by atoms with Crippen molar-refractivity contribution in [1.82, 2.24) is 4.98 Å². The second-order valence-electron chi connectivity index (χ2n) is 4.88. The lowest BCUT2D eigenvalue weighted by atomic mass is 10.3. The van der Waals surface area contributed by atoms with Gasteiger partial charge in [-0.2, -0.15) is 8.42 Å². The monoisotopic (exact) mass is 363 g/mol. The van der Waals surface area contributed by atoms with E-state index in [0.29, 0.717) is 29.8 Å². The molecule has 0 bridgehead atoms. The summed E-state index contributed by atoms with van der Waals surface area (Å²) < 4.78 is 60.9. The molecule has 0 aliphatic rings. The summed E-state index contributed by atoms with van der Waals surface area (Å²) in [5, 5.41) is 0. The molecule has 128 valence electrons. The Hall–Kier alpha value is -3.00. The number of halogens is 2. The van der Waals surface area contributed by atoms with Gasteiger partial charge in [0.05, 0.1) is 0 Å². The van der Waals surface area contributed by atoms with Crippen molar-refractivity contribution >= 4 is 10.1 Å². The smallest absolute Gasteiger partial charge is 0.339 e. The summed E-state index contributed by atoms with van der Waals surface area (Å²) in [5.41, 5.74) is 0. The third-order valence-electron chi connectivity index (χ3n) is 3.01. The molecule has 5 nitrogen and oxygen atoms in total. The SMILES string of the molecule is O=S(=O)(Oc1ccc(Oc2ccccn2)cc1)c1cc(F)cc(F)c1. The van der Waals surface area contributed by atoms with Crippen LogP contribution in [-0.2, 0) is 10.1 Å². The van der Waals surface area contributed by atoms with Gasteiger partial charge in [0.1, 0.15) is 28.0 Å². The highest BCUT2D eigenvalue weighted by molar-refractivity contribution is 7.87. The summed E-state index contributed by atoms with van der Waals surface area (Å²) in [6.45, 7) is 0. The molecular formula is C17H11F2NO4S. The van der Waals surface area contributed by atoms with E-state index in [0.717, 1.165) is 0 Å². The molecule has 0 aliphatic heterocycles. The minimum absolute atomic E-state index is 0.0296. The first-order valence-corrected chi connectivity index (χ1v) is 8.43. The normalized spacial score (nSPS) is 11.1. The van der Waals surface area contributed by atoms with Gasteiger partial charge in [0.15, 0.2) is 0 Å². The Labute approximate surface area is 142 Å². The standard InChI is InChI=1S/C17H11F2NO4S/c18-12-9-13(19)11-16(10-12)25(21,22)24-15-6-4-14(5-7-15)23-17-3-1-2-8-20-17/h1-11H. The highest BCUT2D eigenvalue weighted by atomic mass is 32.2. The van der Waals surface area contributed by atoms with Gasteiger partial charge in [-0.3, -0.25) is 0 Å². The van der Waals surface area contributed by atoms with Gasteiger partial charge in [-0.25, -0.2) is 13.8 Å². The first kappa shape index (κ1) is 16.8. The summed E-state index contributed by atoms with van der Waals surface area (Å²) in [6.07, 6.45) is 1.57. The van der Waals surface area contributed by atoms with Gasteiger partial charge in [0.2, 0.25) is 5.88 Å².